The van der Waals surface area contributed by atoms with Gasteiger partial charge in [0.1, 0.15) is 18.1 Å². The van der Waals surface area contributed by atoms with Crippen LogP contribution in [-0.4, -0.2) is 15.2 Å². The molecule has 0 aliphatic rings. The number of aromatic nitrogens is 2. The van der Waals surface area contributed by atoms with Crippen LogP contribution in [0.3, 0.4) is 0 Å². The van der Waals surface area contributed by atoms with Crippen molar-refractivity contribution < 1.29 is 14.4 Å². The average molecular weight is 339 g/mol. The first-order chi connectivity index (χ1) is 12.2. The van der Waals surface area contributed by atoms with E-state index >= 15 is 0 Å². The van der Waals surface area contributed by atoms with E-state index in [4.69, 9.17) is 9.26 Å². The minimum absolute atomic E-state index is 0.0146. The highest BCUT2D eigenvalue weighted by molar-refractivity contribution is 5.49. The van der Waals surface area contributed by atoms with E-state index in [1.54, 1.807) is 18.5 Å². The number of ether oxygens (including phenoxy) is 1. The minimum atomic E-state index is -0.0146. The van der Waals surface area contributed by atoms with Gasteiger partial charge in [-0.3, -0.25) is 4.98 Å². The smallest absolute Gasteiger partial charge is 0.140 e. The molecule has 2 aromatic heterocycles. The maximum Gasteiger partial charge on any atom is 0.140 e. The van der Waals surface area contributed by atoms with Gasteiger partial charge < -0.3 is 19.7 Å². The van der Waals surface area contributed by atoms with Crippen LogP contribution in [0.4, 0.5) is 5.69 Å². The number of anilines is 1. The molecule has 0 saturated carbocycles. The van der Waals surface area contributed by atoms with Gasteiger partial charge in [-0.25, -0.2) is 0 Å². The highest BCUT2D eigenvalue weighted by Crippen LogP contribution is 2.19. The van der Waals surface area contributed by atoms with Crippen molar-refractivity contribution in [1.29, 1.82) is 0 Å². The molecule has 0 spiro atoms. The van der Waals surface area contributed by atoms with E-state index in [-0.39, 0.29) is 6.61 Å². The van der Waals surface area contributed by atoms with Crippen LogP contribution >= 0.6 is 0 Å². The Labute approximate surface area is 146 Å². The summed E-state index contributed by atoms with van der Waals surface area (Å²) in [6, 6.07) is 9.68. The fraction of sp³-hybridized carbons (Fsp3) is 0.263. The van der Waals surface area contributed by atoms with Gasteiger partial charge in [-0.15, -0.1) is 0 Å². The molecule has 2 N–H and O–H groups in total. The van der Waals surface area contributed by atoms with Crippen LogP contribution in [0, 0.1) is 13.8 Å². The largest absolute Gasteiger partial charge is 0.489 e. The molecular formula is C19H21N3O3. The van der Waals surface area contributed by atoms with Gasteiger partial charge in [0.25, 0.3) is 0 Å². The third kappa shape index (κ3) is 4.16. The van der Waals surface area contributed by atoms with Crippen LogP contribution in [-0.2, 0) is 19.8 Å². The number of aliphatic hydroxyl groups is 1. The standard InChI is InChI=1S/C19H21N3O3/c1-13-18(14(2)25-22-13)12-24-17-5-3-15(4-6-17)9-21-19-10-20-8-7-16(19)11-23/h3-8,10,21,23H,9,11-12H2,1-2H3. The van der Waals surface area contributed by atoms with Crippen LogP contribution in [0.5, 0.6) is 5.75 Å². The molecule has 0 saturated heterocycles. The number of hydrogen-bond acceptors (Lipinski definition) is 6. The number of aliphatic hydroxyl groups excluding tert-OH is 1. The molecular weight excluding hydrogens is 318 g/mol. The lowest BCUT2D eigenvalue weighted by molar-refractivity contribution is 0.282. The summed E-state index contributed by atoms with van der Waals surface area (Å²) in [5, 5.41) is 16.5. The SMILES string of the molecule is Cc1noc(C)c1COc1ccc(CNc2cnccc2CO)cc1. The Morgan fingerprint density at radius 2 is 1.96 bits per heavy atom. The first-order valence-corrected chi connectivity index (χ1v) is 8.08. The molecule has 3 aromatic rings. The number of aryl methyl sites for hydroxylation is 2. The van der Waals surface area contributed by atoms with Gasteiger partial charge in [-0.2, -0.15) is 0 Å². The van der Waals surface area contributed by atoms with Gasteiger partial charge >= 0.3 is 0 Å². The molecule has 6 nitrogen and oxygen atoms in total. The van der Waals surface area contributed by atoms with Gasteiger partial charge in [0, 0.05) is 18.3 Å². The predicted molar refractivity (Wildman–Crippen MR) is 94.2 cm³/mol. The molecule has 0 aliphatic heterocycles. The topological polar surface area (TPSA) is 80.4 Å². The Kier molecular flexibility index (Phi) is 5.30. The van der Waals surface area contributed by atoms with E-state index in [9.17, 15) is 5.11 Å². The minimum Gasteiger partial charge on any atom is -0.489 e. The number of pyridine rings is 1. The van der Waals surface area contributed by atoms with Crippen molar-refractivity contribution in [3.05, 3.63) is 70.9 Å². The second kappa shape index (κ2) is 7.81. The lowest BCUT2D eigenvalue weighted by Crippen LogP contribution is -2.03. The molecule has 130 valence electrons. The molecule has 0 fully saturated rings. The summed E-state index contributed by atoms with van der Waals surface area (Å²) in [4.78, 5) is 4.08. The predicted octanol–water partition coefficient (Wildman–Crippen LogP) is 3.37. The maximum atomic E-state index is 9.33. The van der Waals surface area contributed by atoms with Crippen LogP contribution in [0.25, 0.3) is 0 Å². The van der Waals surface area contributed by atoms with Gasteiger partial charge in [0.05, 0.1) is 29.7 Å². The van der Waals surface area contributed by atoms with Crippen LogP contribution in [0.2, 0.25) is 0 Å². The summed E-state index contributed by atoms with van der Waals surface area (Å²) in [5.41, 5.74) is 4.61. The molecule has 0 amide bonds. The molecule has 25 heavy (non-hydrogen) atoms. The fourth-order valence-electron chi connectivity index (χ4n) is 2.48. The van der Waals surface area contributed by atoms with E-state index in [0.717, 1.165) is 39.6 Å². The summed E-state index contributed by atoms with van der Waals surface area (Å²) < 4.78 is 10.9. The third-order valence-electron chi connectivity index (χ3n) is 4.05. The Hall–Kier alpha value is -2.86. The van der Waals surface area contributed by atoms with Crippen molar-refractivity contribution >= 4 is 5.69 Å². The zero-order valence-electron chi connectivity index (χ0n) is 14.3. The lowest BCUT2D eigenvalue weighted by atomic mass is 10.2. The number of rotatable bonds is 7. The number of benzene rings is 1. The van der Waals surface area contributed by atoms with E-state index in [1.807, 2.05) is 38.1 Å². The van der Waals surface area contributed by atoms with Gasteiger partial charge in [0.2, 0.25) is 0 Å². The lowest BCUT2D eigenvalue weighted by Gasteiger charge is -2.11. The number of hydrogen-bond donors (Lipinski definition) is 2. The Balaban J connectivity index is 1.57. The second-order valence-electron chi connectivity index (χ2n) is 5.78. The van der Waals surface area contributed by atoms with E-state index in [2.05, 4.69) is 15.5 Å². The molecule has 6 heteroatoms. The quantitative estimate of drug-likeness (QED) is 0.687. The molecule has 1 aromatic carbocycles. The Morgan fingerprint density at radius 3 is 2.64 bits per heavy atom. The summed E-state index contributed by atoms with van der Waals surface area (Å²) in [6.45, 7) is 4.85. The summed E-state index contributed by atoms with van der Waals surface area (Å²) in [6.07, 6.45) is 3.38. The summed E-state index contributed by atoms with van der Waals surface area (Å²) >= 11 is 0. The molecule has 0 unspecified atom stereocenters. The molecule has 0 bridgehead atoms. The van der Waals surface area contributed by atoms with Crippen molar-refractivity contribution in [2.75, 3.05) is 5.32 Å². The van der Waals surface area contributed by atoms with E-state index < -0.39 is 0 Å². The maximum absolute atomic E-state index is 9.33. The number of nitrogens with one attached hydrogen (secondary N) is 1. The number of nitrogens with zero attached hydrogens (tertiary/aromatic N) is 2. The van der Waals surface area contributed by atoms with Crippen molar-refractivity contribution in [3.63, 3.8) is 0 Å². The van der Waals surface area contributed by atoms with Gasteiger partial charge in [-0.1, -0.05) is 17.3 Å². The molecule has 0 aliphatic carbocycles. The second-order valence-corrected chi connectivity index (χ2v) is 5.78. The molecule has 2 heterocycles. The van der Waals surface area contributed by atoms with Gasteiger partial charge in [-0.05, 0) is 37.6 Å². The zero-order valence-corrected chi connectivity index (χ0v) is 14.3. The van der Waals surface area contributed by atoms with Crippen molar-refractivity contribution in [2.24, 2.45) is 0 Å². The highest BCUT2D eigenvalue weighted by Gasteiger charge is 2.09. The normalized spacial score (nSPS) is 10.7. The summed E-state index contributed by atoms with van der Waals surface area (Å²) in [7, 11) is 0. The Morgan fingerprint density at radius 1 is 1.16 bits per heavy atom. The molecule has 0 radical (unpaired) electrons. The first-order valence-electron chi connectivity index (χ1n) is 8.08. The van der Waals surface area contributed by atoms with Crippen LogP contribution in [0.15, 0.2) is 47.2 Å². The van der Waals surface area contributed by atoms with Gasteiger partial charge in [0.15, 0.2) is 0 Å². The monoisotopic (exact) mass is 339 g/mol. The van der Waals surface area contributed by atoms with E-state index in [0.29, 0.717) is 13.2 Å². The molecule has 0 atom stereocenters. The fourth-order valence-corrected chi connectivity index (χ4v) is 2.48. The van der Waals surface area contributed by atoms with Crippen molar-refractivity contribution in [2.45, 2.75) is 33.6 Å². The summed E-state index contributed by atoms with van der Waals surface area (Å²) in [5.74, 6) is 1.58. The molecule has 3 rings (SSSR count). The third-order valence-corrected chi connectivity index (χ3v) is 4.05. The van der Waals surface area contributed by atoms with Crippen molar-refractivity contribution in [1.82, 2.24) is 10.1 Å². The Bertz CT molecular complexity index is 809. The average Bonchev–Trinajstić information content (AvgIpc) is 2.97. The van der Waals surface area contributed by atoms with E-state index in [1.165, 1.54) is 0 Å². The van der Waals surface area contributed by atoms with Crippen LogP contribution in [0.1, 0.15) is 28.1 Å². The van der Waals surface area contributed by atoms with Crippen molar-refractivity contribution in [3.8, 4) is 5.75 Å². The first kappa shape index (κ1) is 17.0. The zero-order chi connectivity index (χ0) is 17.6. The van der Waals surface area contributed by atoms with Crippen LogP contribution < -0.4 is 10.1 Å². The highest BCUT2D eigenvalue weighted by atomic mass is 16.5.